The van der Waals surface area contributed by atoms with Crippen LogP contribution < -0.4 is 0 Å². The molecule has 11 aromatic carbocycles. The number of nitrogens with one attached hydrogen (secondary N) is 8. The van der Waals surface area contributed by atoms with Gasteiger partial charge in [0.1, 0.15) is 160 Å². The Morgan fingerprint density at radius 3 is 0.507 bits per heavy atom. The van der Waals surface area contributed by atoms with Crippen molar-refractivity contribution < 1.29 is 0 Å². The highest BCUT2D eigenvalue weighted by Crippen LogP contribution is 2.64. The summed E-state index contributed by atoms with van der Waals surface area (Å²) in [5.41, 5.74) is 39.5. The van der Waals surface area contributed by atoms with Gasteiger partial charge in [-0.15, -0.1) is 0 Å². The Morgan fingerprint density at radius 2 is 0.318 bits per heavy atom. The molecule has 10 heterocycles. The number of hydrogen-bond acceptors (Lipinski definition) is 0. The molecule has 0 saturated carbocycles. The van der Waals surface area contributed by atoms with Crippen molar-refractivity contribution in [3.05, 3.63) is 624 Å². The van der Waals surface area contributed by atoms with E-state index in [0.29, 0.717) is 0 Å². The fourth-order valence-electron chi connectivity index (χ4n) is 23.9. The standard InChI is InChI=1S/C140H138N8/c1-131(2,3)93-67-85(68-94(75-93)132(4,5)6)123-111-59-55-107(141-111)121(83-43-31-25-32-44-83)109-57-61-115(143-109)125(87-71-97(135(13,14)15)77-98(72-87)136(16,17)18)119-81-105-129(147-119)127(117-65-63-113(123)145-117)101-79-104-102(80-103(101)139(105,89-47-35-27-36-48-89)90-49-37-28-38-50-90)128-118-66-64-114(146-118)124(86-69-95(133(7,8)9)76-96(70-86)134(10,11)12)112-60-56-108(142-112)122(84-45-33-26-34-46-84)110-58-62-116(144-110)126(88-73-99(137(19,20)21)78-100(74-88)138(22,23)24)120-82-106(130(128)148-120)140(104,91-51-39-29-40-52-91)92-53-41-30-42-54-92/h25-82,141-148H,1-24H3/q+8. The molecular formula is C140H138N8+8. The van der Waals surface area contributed by atoms with Gasteiger partial charge in [0.25, 0.3) is 0 Å². The number of aromatic nitrogens is 8. The van der Waals surface area contributed by atoms with Crippen molar-refractivity contribution in [3.63, 3.8) is 0 Å². The average molecular weight is 1930 g/mol. The van der Waals surface area contributed by atoms with Crippen molar-refractivity contribution in [3.8, 4) is 0 Å². The third-order valence-corrected chi connectivity index (χ3v) is 32.1. The summed E-state index contributed by atoms with van der Waals surface area (Å²) in [7, 11) is 0. The van der Waals surface area contributed by atoms with Gasteiger partial charge in [-0.25, -0.2) is 0 Å². The molecule has 0 amide bonds. The van der Waals surface area contributed by atoms with Gasteiger partial charge in [-0.3, -0.25) is 0 Å². The molecule has 16 bridgehead atoms. The molecular weight excluding hydrogens is 1790 g/mol. The van der Waals surface area contributed by atoms with Crippen LogP contribution in [0.25, 0.3) is 0 Å². The summed E-state index contributed by atoms with van der Waals surface area (Å²) in [5.74, 6) is 8.42. The molecule has 8 nitrogen and oxygen atoms in total. The smallest absolute Gasteiger partial charge is 0.141 e. The molecule has 0 radical (unpaired) electrons. The van der Waals surface area contributed by atoms with E-state index in [-0.39, 0.29) is 43.3 Å². The first-order chi connectivity index (χ1) is 70.3. The van der Waals surface area contributed by atoms with Crippen LogP contribution in [0.3, 0.4) is 0 Å². The Balaban J connectivity index is 0.896. The minimum atomic E-state index is -1.11. The molecule has 0 atom stereocenters. The number of rotatable bonds is 10. The monoisotopic (exact) mass is 1930 g/mol. The molecule has 0 unspecified atom stereocenters. The largest absolute Gasteiger partial charge is 0.327 e. The molecule has 148 heavy (non-hydrogen) atoms. The molecule has 0 fully saturated rings. The van der Waals surface area contributed by atoms with Crippen LogP contribution in [0.1, 0.15) is 391 Å². The lowest BCUT2D eigenvalue weighted by atomic mass is 9.54. The lowest BCUT2D eigenvalue weighted by Gasteiger charge is -2.40. The van der Waals surface area contributed by atoms with Crippen LogP contribution in [-0.4, -0.2) is 39.9 Å². The maximum atomic E-state index is 4.65. The summed E-state index contributed by atoms with van der Waals surface area (Å²) in [6.45, 7) is 56.6. The molecule has 8 heteroatoms. The molecule has 23 rings (SSSR count). The minimum absolute atomic E-state index is 0.206. The second-order valence-corrected chi connectivity index (χ2v) is 50.5. The normalized spacial score (nSPS) is 14.8. The molecule has 2 aliphatic carbocycles. The van der Waals surface area contributed by atoms with Crippen molar-refractivity contribution in [2.75, 3.05) is 0 Å². The first kappa shape index (κ1) is 96.1. The number of benzene rings is 11. The zero-order valence-corrected chi connectivity index (χ0v) is 90.5. The van der Waals surface area contributed by atoms with Crippen LogP contribution in [0.5, 0.6) is 0 Å². The molecule has 730 valence electrons. The Kier molecular flexibility index (Phi) is 22.5. The van der Waals surface area contributed by atoms with Crippen LogP contribution in [0.2, 0.25) is 0 Å². The average Bonchev–Trinajstić information content (AvgIpc) is 1.33. The van der Waals surface area contributed by atoms with Crippen molar-refractivity contribution in [1.82, 2.24) is 39.9 Å². The Morgan fingerprint density at radius 1 is 0.149 bits per heavy atom. The molecule has 4 aliphatic rings. The van der Waals surface area contributed by atoms with Gasteiger partial charge < -0.3 is 39.9 Å². The molecule has 0 spiro atoms. The SMILES string of the molecule is CC(C)(C)c1cc([C+]2c3ccc([nH]3)[C+](c3ccccc3)c3ccc([nH]3)[C+](c3cc(C(C)(C)C)cc(C(C)(C)C)c3)c3cc4c([nH]3)[C+](c3ccc2[nH]3)c2cc3c(cc2C4(c2ccccc2)c2ccccc2)[C+]2c4ccc([nH]4)[C+](c4cc(C(C)(C)C)cc(C(C)(C)C)c4)c4ccc([nH]4)[C+](c4ccccc4)c4ccc([nH]4)[C+](c4cc(C(C)(C)C)cc(C(C)(C)C)c4)c4cc(c2[nH]4)C3(c2ccccc2)c2ccccc2)cc(C(C)(C)C)c1. The summed E-state index contributed by atoms with van der Waals surface area (Å²) >= 11 is 0. The maximum Gasteiger partial charge on any atom is 0.141 e. The minimum Gasteiger partial charge on any atom is -0.327 e. The summed E-state index contributed by atoms with van der Waals surface area (Å²) in [6.07, 6.45) is 0. The van der Waals surface area contributed by atoms with Gasteiger partial charge in [-0.05, 0) is 171 Å². The molecule has 8 N–H and O–H groups in total. The first-order valence-electron chi connectivity index (χ1n) is 53.2. The predicted octanol–water partition coefficient (Wildman–Crippen LogP) is 32.9. The Hall–Kier alpha value is -15.4. The lowest BCUT2D eigenvalue weighted by molar-refractivity contribution is 0.567. The highest BCUT2D eigenvalue weighted by Gasteiger charge is 2.63. The second kappa shape index (κ2) is 34.6. The Bertz CT molecular complexity index is 7490. The quantitative estimate of drug-likeness (QED) is 0.0621. The van der Waals surface area contributed by atoms with Crippen LogP contribution in [-0.2, 0) is 54.1 Å². The summed E-state index contributed by atoms with van der Waals surface area (Å²) in [6, 6.07) is 137. The number of aromatic amines is 8. The van der Waals surface area contributed by atoms with Gasteiger partial charge in [0, 0.05) is 84.9 Å². The zero-order chi connectivity index (χ0) is 103. The topological polar surface area (TPSA) is 126 Å². The van der Waals surface area contributed by atoms with Gasteiger partial charge >= 0.3 is 0 Å². The molecule has 19 aromatic rings. The van der Waals surface area contributed by atoms with E-state index in [0.717, 1.165) is 227 Å². The predicted molar refractivity (Wildman–Crippen MR) is 609 cm³/mol. The highest BCUT2D eigenvalue weighted by atomic mass is 14.9. The van der Waals surface area contributed by atoms with Crippen molar-refractivity contribution in [2.45, 2.75) is 220 Å². The van der Waals surface area contributed by atoms with Gasteiger partial charge in [-0.2, -0.15) is 0 Å². The number of fused-ring (bicyclic) bond motifs is 20. The van der Waals surface area contributed by atoms with E-state index in [2.05, 4.69) is 558 Å². The fourth-order valence-corrected chi connectivity index (χ4v) is 23.9. The fraction of sp³-hybridized carbons (Fsp3) is 0.243. The van der Waals surface area contributed by atoms with Crippen molar-refractivity contribution >= 4 is 0 Å². The molecule has 8 aromatic heterocycles. The van der Waals surface area contributed by atoms with E-state index >= 15 is 0 Å². The summed E-state index contributed by atoms with van der Waals surface area (Å²) in [5, 5.41) is 0. The molecule has 2 aliphatic heterocycles. The van der Waals surface area contributed by atoms with Crippen LogP contribution in [0.15, 0.2) is 352 Å². The Labute approximate surface area is 877 Å². The lowest BCUT2D eigenvalue weighted by Crippen LogP contribution is -2.41. The maximum absolute atomic E-state index is 4.65. The van der Waals surface area contributed by atoms with E-state index in [1.54, 1.807) is 0 Å². The summed E-state index contributed by atoms with van der Waals surface area (Å²) < 4.78 is 0. The highest BCUT2D eigenvalue weighted by molar-refractivity contribution is 5.84. The zero-order valence-electron chi connectivity index (χ0n) is 90.5. The van der Waals surface area contributed by atoms with Gasteiger partial charge in [-0.1, -0.05) is 287 Å². The summed E-state index contributed by atoms with van der Waals surface area (Å²) in [4.78, 5) is 35.5. The van der Waals surface area contributed by atoms with Crippen molar-refractivity contribution in [2.24, 2.45) is 0 Å². The van der Waals surface area contributed by atoms with Crippen LogP contribution in [0.4, 0.5) is 0 Å². The van der Waals surface area contributed by atoms with Gasteiger partial charge in [0.15, 0.2) is 0 Å². The van der Waals surface area contributed by atoms with Crippen LogP contribution in [0, 0.1) is 47.3 Å². The van der Waals surface area contributed by atoms with E-state index < -0.39 is 10.8 Å². The van der Waals surface area contributed by atoms with Crippen LogP contribution >= 0.6 is 0 Å². The number of hydrogen-bond donors (Lipinski definition) is 8. The third-order valence-electron chi connectivity index (χ3n) is 32.1. The third kappa shape index (κ3) is 16.3. The van der Waals surface area contributed by atoms with Gasteiger partial charge in [0.2, 0.25) is 0 Å². The van der Waals surface area contributed by atoms with Crippen molar-refractivity contribution in [1.29, 1.82) is 0 Å². The number of H-pyrrole nitrogens is 8. The van der Waals surface area contributed by atoms with E-state index in [1.807, 2.05) is 0 Å². The van der Waals surface area contributed by atoms with Gasteiger partial charge in [0.05, 0.1) is 141 Å². The first-order valence-corrected chi connectivity index (χ1v) is 53.2. The van der Waals surface area contributed by atoms with E-state index in [9.17, 15) is 0 Å². The second-order valence-electron chi connectivity index (χ2n) is 50.5. The molecule has 0 saturated heterocycles. The van der Waals surface area contributed by atoms with E-state index in [4.69, 9.17) is 0 Å². The van der Waals surface area contributed by atoms with E-state index in [1.165, 1.54) is 44.5 Å².